The van der Waals surface area contributed by atoms with Crippen LogP contribution in [-0.4, -0.2) is 5.11 Å². The van der Waals surface area contributed by atoms with E-state index in [0.29, 0.717) is 11.4 Å². The van der Waals surface area contributed by atoms with Crippen LogP contribution < -0.4 is 0 Å². The summed E-state index contributed by atoms with van der Waals surface area (Å²) in [5, 5.41) is 10.5. The fraction of sp³-hybridized carbons (Fsp3) is 0.333. The Morgan fingerprint density at radius 1 is 1.57 bits per heavy atom. The number of aliphatic hydroxyl groups excluding tert-OH is 1. The van der Waals surface area contributed by atoms with E-state index in [4.69, 9.17) is 11.6 Å². The molecule has 76 valence electrons. The Morgan fingerprint density at radius 2 is 2.21 bits per heavy atom. The highest BCUT2D eigenvalue weighted by Crippen LogP contribution is 2.24. The minimum Gasteiger partial charge on any atom is -0.388 e. The molecule has 14 heavy (non-hydrogen) atoms. The van der Waals surface area contributed by atoms with E-state index in [9.17, 15) is 5.11 Å². The highest BCUT2D eigenvalue weighted by molar-refractivity contribution is 6.31. The minimum atomic E-state index is -0.495. The smallest absolute Gasteiger partial charge is 0.0827 e. The topological polar surface area (TPSA) is 20.2 Å². The largest absolute Gasteiger partial charge is 0.388 e. The maximum atomic E-state index is 9.79. The molecule has 1 N–H and O–H groups in total. The van der Waals surface area contributed by atoms with Gasteiger partial charge in [-0.15, -0.1) is 6.58 Å². The average Bonchev–Trinajstić information content (AvgIpc) is 2.08. The van der Waals surface area contributed by atoms with Crippen LogP contribution in [0.1, 0.15) is 30.6 Å². The van der Waals surface area contributed by atoms with Crippen LogP contribution in [0.4, 0.5) is 0 Å². The third kappa shape index (κ3) is 2.86. The summed E-state index contributed by atoms with van der Waals surface area (Å²) in [7, 11) is 0. The van der Waals surface area contributed by atoms with Gasteiger partial charge in [-0.2, -0.15) is 0 Å². The molecule has 1 aromatic rings. The Bertz CT molecular complexity index is 344. The van der Waals surface area contributed by atoms with E-state index in [0.717, 1.165) is 16.7 Å². The minimum absolute atomic E-state index is 0.495. The van der Waals surface area contributed by atoms with E-state index in [1.54, 1.807) is 0 Å². The molecule has 0 saturated carbocycles. The second kappa shape index (κ2) is 4.63. The van der Waals surface area contributed by atoms with Gasteiger partial charge >= 0.3 is 0 Å². The molecule has 1 atom stereocenters. The van der Waals surface area contributed by atoms with Crippen molar-refractivity contribution < 1.29 is 5.11 Å². The van der Waals surface area contributed by atoms with Crippen molar-refractivity contribution in [2.45, 2.75) is 26.4 Å². The van der Waals surface area contributed by atoms with Crippen LogP contribution in [0, 0.1) is 6.92 Å². The molecular formula is C12H15ClO. The molecule has 0 aliphatic carbocycles. The molecule has 0 aromatic heterocycles. The molecule has 1 unspecified atom stereocenters. The lowest BCUT2D eigenvalue weighted by molar-refractivity contribution is 0.178. The molecule has 0 saturated heterocycles. The summed E-state index contributed by atoms with van der Waals surface area (Å²) in [6.45, 7) is 7.61. The first-order chi connectivity index (χ1) is 6.50. The first-order valence-corrected chi connectivity index (χ1v) is 4.97. The zero-order valence-corrected chi connectivity index (χ0v) is 9.30. The zero-order valence-electron chi connectivity index (χ0n) is 8.55. The Hall–Kier alpha value is -0.790. The molecule has 0 spiro atoms. The standard InChI is InChI=1S/C12H15ClO/c1-8(2)6-12(14)10-5-4-9(3)11(13)7-10/h4-5,7,12,14H,1,6H2,2-3H3. The van der Waals surface area contributed by atoms with Gasteiger partial charge in [-0.3, -0.25) is 0 Å². The van der Waals surface area contributed by atoms with Crippen LogP contribution in [0.5, 0.6) is 0 Å². The van der Waals surface area contributed by atoms with Crippen molar-refractivity contribution in [1.29, 1.82) is 0 Å². The van der Waals surface area contributed by atoms with Crippen molar-refractivity contribution in [1.82, 2.24) is 0 Å². The normalized spacial score (nSPS) is 12.6. The molecule has 0 heterocycles. The first-order valence-electron chi connectivity index (χ1n) is 4.59. The molecule has 2 heteroatoms. The molecular weight excluding hydrogens is 196 g/mol. The van der Waals surface area contributed by atoms with Crippen LogP contribution in [-0.2, 0) is 0 Å². The highest BCUT2D eigenvalue weighted by Gasteiger charge is 2.08. The fourth-order valence-corrected chi connectivity index (χ4v) is 1.45. The van der Waals surface area contributed by atoms with Crippen molar-refractivity contribution in [2.75, 3.05) is 0 Å². The highest BCUT2D eigenvalue weighted by atomic mass is 35.5. The van der Waals surface area contributed by atoms with Gasteiger partial charge < -0.3 is 5.11 Å². The molecule has 0 radical (unpaired) electrons. The average molecular weight is 211 g/mol. The summed E-state index contributed by atoms with van der Waals surface area (Å²) in [5.74, 6) is 0. The third-order valence-electron chi connectivity index (χ3n) is 2.12. The van der Waals surface area contributed by atoms with Crippen molar-refractivity contribution in [3.05, 3.63) is 46.5 Å². The van der Waals surface area contributed by atoms with Crippen LogP contribution in [0.3, 0.4) is 0 Å². The van der Waals surface area contributed by atoms with Gasteiger partial charge in [0, 0.05) is 5.02 Å². The monoisotopic (exact) mass is 210 g/mol. The van der Waals surface area contributed by atoms with E-state index >= 15 is 0 Å². The Labute approximate surface area is 90.0 Å². The van der Waals surface area contributed by atoms with Gasteiger partial charge in [-0.05, 0) is 37.5 Å². The number of hydrogen-bond donors (Lipinski definition) is 1. The quantitative estimate of drug-likeness (QED) is 0.756. The fourth-order valence-electron chi connectivity index (χ4n) is 1.26. The maximum absolute atomic E-state index is 9.79. The summed E-state index contributed by atoms with van der Waals surface area (Å²) >= 11 is 5.96. The van der Waals surface area contributed by atoms with Gasteiger partial charge in [-0.1, -0.05) is 29.3 Å². The SMILES string of the molecule is C=C(C)CC(O)c1ccc(C)c(Cl)c1. The van der Waals surface area contributed by atoms with Crippen LogP contribution in [0.25, 0.3) is 0 Å². The molecule has 0 fully saturated rings. The summed E-state index contributed by atoms with van der Waals surface area (Å²) in [6, 6.07) is 5.62. The van der Waals surface area contributed by atoms with Gasteiger partial charge in [-0.25, -0.2) is 0 Å². The van der Waals surface area contributed by atoms with Crippen LogP contribution in [0.15, 0.2) is 30.4 Å². The second-order valence-electron chi connectivity index (χ2n) is 3.69. The Balaban J connectivity index is 2.85. The lowest BCUT2D eigenvalue weighted by atomic mass is 10.0. The molecule has 0 aliphatic heterocycles. The number of halogens is 1. The number of aliphatic hydroxyl groups is 1. The van der Waals surface area contributed by atoms with Gasteiger partial charge in [0.25, 0.3) is 0 Å². The van der Waals surface area contributed by atoms with Gasteiger partial charge in [0.2, 0.25) is 0 Å². The molecule has 0 amide bonds. The third-order valence-corrected chi connectivity index (χ3v) is 2.53. The molecule has 0 bridgehead atoms. The van der Waals surface area contributed by atoms with Crippen LogP contribution in [0.2, 0.25) is 5.02 Å². The van der Waals surface area contributed by atoms with Crippen molar-refractivity contribution in [3.63, 3.8) is 0 Å². The van der Waals surface area contributed by atoms with E-state index in [1.807, 2.05) is 32.0 Å². The number of aryl methyl sites for hydroxylation is 1. The summed E-state index contributed by atoms with van der Waals surface area (Å²) in [6.07, 6.45) is 0.0879. The van der Waals surface area contributed by atoms with Crippen LogP contribution >= 0.6 is 11.6 Å². The predicted molar refractivity (Wildman–Crippen MR) is 60.6 cm³/mol. The number of hydrogen-bond acceptors (Lipinski definition) is 1. The zero-order chi connectivity index (χ0) is 10.7. The van der Waals surface area contributed by atoms with Gasteiger partial charge in [0.05, 0.1) is 6.10 Å². The van der Waals surface area contributed by atoms with E-state index < -0.39 is 6.10 Å². The lowest BCUT2D eigenvalue weighted by Crippen LogP contribution is -1.97. The first kappa shape index (κ1) is 11.3. The van der Waals surface area contributed by atoms with Gasteiger partial charge in [0.15, 0.2) is 0 Å². The molecule has 0 aliphatic rings. The Kier molecular flexibility index (Phi) is 3.73. The van der Waals surface area contributed by atoms with Crippen molar-refractivity contribution in [2.24, 2.45) is 0 Å². The summed E-state index contributed by atoms with van der Waals surface area (Å²) in [4.78, 5) is 0. The molecule has 1 nitrogen and oxygen atoms in total. The Morgan fingerprint density at radius 3 is 2.71 bits per heavy atom. The van der Waals surface area contributed by atoms with Crippen molar-refractivity contribution >= 4 is 11.6 Å². The lowest BCUT2D eigenvalue weighted by Gasteiger charge is -2.11. The van der Waals surface area contributed by atoms with Gasteiger partial charge in [0.1, 0.15) is 0 Å². The van der Waals surface area contributed by atoms with E-state index in [-0.39, 0.29) is 0 Å². The summed E-state index contributed by atoms with van der Waals surface area (Å²) < 4.78 is 0. The second-order valence-corrected chi connectivity index (χ2v) is 4.09. The molecule has 1 aromatic carbocycles. The maximum Gasteiger partial charge on any atom is 0.0827 e. The van der Waals surface area contributed by atoms with E-state index in [2.05, 4.69) is 6.58 Å². The van der Waals surface area contributed by atoms with Crippen molar-refractivity contribution in [3.8, 4) is 0 Å². The number of rotatable bonds is 3. The molecule has 1 rings (SSSR count). The summed E-state index contributed by atoms with van der Waals surface area (Å²) in [5.41, 5.74) is 2.84. The van der Waals surface area contributed by atoms with E-state index in [1.165, 1.54) is 0 Å². The predicted octanol–water partition coefficient (Wildman–Crippen LogP) is 3.65. The number of benzene rings is 1.